The van der Waals surface area contributed by atoms with Crippen LogP contribution in [0.3, 0.4) is 0 Å². The first kappa shape index (κ1) is 22.4. The number of fused-ring (bicyclic) bond motifs is 1. The third-order valence-corrected chi connectivity index (χ3v) is 6.36. The topological polar surface area (TPSA) is 41.6 Å². The van der Waals surface area contributed by atoms with Crippen molar-refractivity contribution in [3.05, 3.63) is 52.8 Å². The van der Waals surface area contributed by atoms with Crippen molar-refractivity contribution < 1.29 is 27.1 Å². The summed E-state index contributed by atoms with van der Waals surface area (Å²) in [6, 6.07) is 8.22. The van der Waals surface area contributed by atoms with Crippen molar-refractivity contribution in [2.75, 3.05) is 23.4 Å². The predicted molar refractivity (Wildman–Crippen MR) is 114 cm³/mol. The molecule has 2 aromatic rings. The van der Waals surface area contributed by atoms with E-state index in [0.717, 1.165) is 29.8 Å². The first-order chi connectivity index (χ1) is 15.1. The van der Waals surface area contributed by atoms with Gasteiger partial charge in [0.2, 0.25) is 5.91 Å². The second-order valence-electron chi connectivity index (χ2n) is 8.79. The largest absolute Gasteiger partial charge is 0.491 e. The summed E-state index contributed by atoms with van der Waals surface area (Å²) in [6.07, 6.45) is -4.17. The molecule has 0 unspecified atom stereocenters. The molecule has 4 rings (SSSR count). The van der Waals surface area contributed by atoms with Gasteiger partial charge in [-0.2, -0.15) is 13.2 Å². The summed E-state index contributed by atoms with van der Waals surface area (Å²) in [6.45, 7) is 5.42. The number of amides is 1. The van der Waals surface area contributed by atoms with E-state index in [9.17, 15) is 22.4 Å². The average Bonchev–Trinajstić information content (AvgIpc) is 3.52. The van der Waals surface area contributed by atoms with E-state index in [-0.39, 0.29) is 18.7 Å². The van der Waals surface area contributed by atoms with Gasteiger partial charge in [-0.1, -0.05) is 12.1 Å². The van der Waals surface area contributed by atoms with E-state index in [1.54, 1.807) is 19.1 Å². The Labute approximate surface area is 184 Å². The highest BCUT2D eigenvalue weighted by atomic mass is 19.4. The molecule has 1 aliphatic heterocycles. The van der Waals surface area contributed by atoms with E-state index in [0.29, 0.717) is 30.2 Å². The van der Waals surface area contributed by atoms with Crippen molar-refractivity contribution in [3.8, 4) is 5.75 Å². The highest BCUT2D eigenvalue weighted by molar-refractivity contribution is 5.94. The number of ether oxygens (including phenoxy) is 1. The van der Waals surface area contributed by atoms with Gasteiger partial charge in [0.05, 0.1) is 23.4 Å². The summed E-state index contributed by atoms with van der Waals surface area (Å²) in [7, 11) is 0. The lowest BCUT2D eigenvalue weighted by atomic mass is 10.0. The average molecular weight is 450 g/mol. The maximum atomic E-state index is 13.3. The number of rotatable bonds is 5. The lowest BCUT2D eigenvalue weighted by molar-refractivity contribution is -0.189. The first-order valence-electron chi connectivity index (χ1n) is 10.7. The zero-order valence-corrected chi connectivity index (χ0v) is 18.1. The molecule has 2 aromatic carbocycles. The van der Waals surface area contributed by atoms with E-state index in [1.807, 2.05) is 13.0 Å². The molecule has 0 spiro atoms. The minimum absolute atomic E-state index is 0.00642. The molecule has 1 heterocycles. The molecule has 0 bridgehead atoms. The zero-order chi connectivity index (χ0) is 23.1. The van der Waals surface area contributed by atoms with Gasteiger partial charge in [0.15, 0.2) is 0 Å². The van der Waals surface area contributed by atoms with Gasteiger partial charge in [-0.15, -0.1) is 0 Å². The molecular formula is C24H26F4N2O2. The molecule has 8 heteroatoms. The van der Waals surface area contributed by atoms with Crippen molar-refractivity contribution in [2.24, 2.45) is 5.41 Å². The first-order valence-corrected chi connectivity index (χ1v) is 10.7. The van der Waals surface area contributed by atoms with Crippen LogP contribution in [-0.2, 0) is 11.3 Å². The fraction of sp³-hybridized carbons (Fsp3) is 0.458. The van der Waals surface area contributed by atoms with Crippen LogP contribution in [0, 0.1) is 25.1 Å². The van der Waals surface area contributed by atoms with Crippen LogP contribution in [-0.4, -0.2) is 25.2 Å². The Morgan fingerprint density at radius 2 is 1.88 bits per heavy atom. The second-order valence-corrected chi connectivity index (χ2v) is 8.79. The molecule has 0 aromatic heterocycles. The van der Waals surface area contributed by atoms with Crippen LogP contribution >= 0.6 is 0 Å². The van der Waals surface area contributed by atoms with E-state index in [4.69, 9.17) is 4.74 Å². The van der Waals surface area contributed by atoms with Gasteiger partial charge >= 0.3 is 6.18 Å². The minimum Gasteiger partial charge on any atom is -0.491 e. The third kappa shape index (κ3) is 4.40. The molecule has 4 nitrogen and oxygen atoms in total. The highest BCUT2D eigenvalue weighted by Crippen LogP contribution is 2.60. The number of benzene rings is 2. The minimum atomic E-state index is -4.37. The number of alkyl halides is 3. The molecule has 32 heavy (non-hydrogen) atoms. The predicted octanol–water partition coefficient (Wildman–Crippen LogP) is 5.90. The number of anilines is 2. The number of hydrogen-bond donors (Lipinski definition) is 1. The van der Waals surface area contributed by atoms with Gasteiger partial charge < -0.3 is 15.0 Å². The van der Waals surface area contributed by atoms with Gasteiger partial charge in [0, 0.05) is 25.1 Å². The Morgan fingerprint density at radius 3 is 2.50 bits per heavy atom. The molecule has 0 radical (unpaired) electrons. The number of aryl methyl sites for hydroxylation is 1. The Bertz CT molecular complexity index is 1010. The summed E-state index contributed by atoms with van der Waals surface area (Å²) in [4.78, 5) is 14.6. The monoisotopic (exact) mass is 450 g/mol. The molecule has 2 aliphatic rings. The third-order valence-electron chi connectivity index (χ3n) is 6.36. The van der Waals surface area contributed by atoms with Crippen molar-refractivity contribution in [3.63, 3.8) is 0 Å². The van der Waals surface area contributed by atoms with Crippen molar-refractivity contribution >= 4 is 17.3 Å². The summed E-state index contributed by atoms with van der Waals surface area (Å²) < 4.78 is 59.0. The Kier molecular flexibility index (Phi) is 5.81. The quantitative estimate of drug-likeness (QED) is 0.577. The van der Waals surface area contributed by atoms with Crippen LogP contribution in [0.2, 0.25) is 0 Å². The van der Waals surface area contributed by atoms with Crippen LogP contribution in [0.15, 0.2) is 30.3 Å². The molecule has 1 N–H and O–H groups in total. The summed E-state index contributed by atoms with van der Waals surface area (Å²) >= 11 is 0. The summed E-state index contributed by atoms with van der Waals surface area (Å²) in [5.41, 5.74) is 1.86. The normalized spacial score (nSPS) is 17.2. The van der Waals surface area contributed by atoms with Crippen LogP contribution in [0.1, 0.15) is 42.4 Å². The maximum Gasteiger partial charge on any atom is 0.395 e. The zero-order valence-electron chi connectivity index (χ0n) is 18.1. The summed E-state index contributed by atoms with van der Waals surface area (Å²) in [5, 5.41) is 2.71. The summed E-state index contributed by atoms with van der Waals surface area (Å²) in [5.74, 6) is -0.316. The van der Waals surface area contributed by atoms with Gasteiger partial charge in [-0.3, -0.25) is 4.79 Å². The molecular weight excluding hydrogens is 424 g/mol. The fourth-order valence-corrected chi connectivity index (χ4v) is 4.28. The highest BCUT2D eigenvalue weighted by Gasteiger charge is 2.63. The number of nitrogens with zero attached hydrogens (tertiary/aromatic N) is 1. The van der Waals surface area contributed by atoms with Gasteiger partial charge in [0.25, 0.3) is 0 Å². The Morgan fingerprint density at radius 1 is 1.19 bits per heavy atom. The molecule has 1 aliphatic carbocycles. The standard InChI is InChI=1S/C24H26F4N2O2/c1-15-12-19-22(32-11-3-10-30(19)14-17-4-6-18(25)7-5-17)16(2)21(15)29-20(31)13-23(8-9-23)24(26,27)28/h4-7,12H,3,8-11,13-14H2,1-2H3,(H,29,31). The maximum absolute atomic E-state index is 13.3. The van der Waals surface area contributed by atoms with Gasteiger partial charge in [-0.25, -0.2) is 4.39 Å². The Balaban J connectivity index is 1.58. The lowest BCUT2D eigenvalue weighted by Crippen LogP contribution is -2.30. The molecule has 1 saturated carbocycles. The van der Waals surface area contributed by atoms with Crippen LogP contribution < -0.4 is 15.0 Å². The SMILES string of the molecule is Cc1cc2c(c(C)c1NC(=O)CC1(C(F)(F)F)CC1)OCCCN2Cc1ccc(F)cc1. The van der Waals surface area contributed by atoms with E-state index >= 15 is 0 Å². The van der Waals surface area contributed by atoms with Crippen LogP contribution in [0.4, 0.5) is 28.9 Å². The molecule has 172 valence electrons. The number of carbonyl (C=O) groups is 1. The number of halogens is 4. The van der Waals surface area contributed by atoms with E-state index < -0.39 is 23.9 Å². The molecule has 1 fully saturated rings. The van der Waals surface area contributed by atoms with Crippen molar-refractivity contribution in [2.45, 2.75) is 52.3 Å². The molecule has 0 atom stereocenters. The number of nitrogens with one attached hydrogen (secondary N) is 1. The van der Waals surface area contributed by atoms with E-state index in [2.05, 4.69) is 10.2 Å². The smallest absolute Gasteiger partial charge is 0.395 e. The van der Waals surface area contributed by atoms with Gasteiger partial charge in [0.1, 0.15) is 11.6 Å². The number of carbonyl (C=O) groups excluding carboxylic acids is 1. The van der Waals surface area contributed by atoms with Gasteiger partial charge in [-0.05, 0) is 62.4 Å². The van der Waals surface area contributed by atoms with Crippen LogP contribution in [0.25, 0.3) is 0 Å². The van der Waals surface area contributed by atoms with Crippen molar-refractivity contribution in [1.82, 2.24) is 0 Å². The van der Waals surface area contributed by atoms with E-state index in [1.165, 1.54) is 12.1 Å². The lowest BCUT2D eigenvalue weighted by Gasteiger charge is -2.27. The second kappa shape index (κ2) is 8.30. The van der Waals surface area contributed by atoms with Crippen LogP contribution in [0.5, 0.6) is 5.75 Å². The van der Waals surface area contributed by atoms with Crippen molar-refractivity contribution in [1.29, 1.82) is 0 Å². The molecule has 0 saturated heterocycles. The fourth-order valence-electron chi connectivity index (χ4n) is 4.28. The Hall–Kier alpha value is -2.77. The number of hydrogen-bond acceptors (Lipinski definition) is 3. The molecule has 1 amide bonds.